The number of nitrogens with one attached hydrogen (secondary N) is 1. The normalized spacial score (nSPS) is 16.9. The molecule has 23 heavy (non-hydrogen) atoms. The molecule has 0 amide bonds. The quantitative estimate of drug-likeness (QED) is 0.689. The van der Waals surface area contributed by atoms with E-state index in [1.165, 1.54) is 0 Å². The molecule has 0 aromatic heterocycles. The lowest BCUT2D eigenvalue weighted by Gasteiger charge is -2.09. The van der Waals surface area contributed by atoms with Crippen molar-refractivity contribution < 1.29 is 19.1 Å². The fraction of sp³-hybridized carbons (Fsp3) is 0.0588. The maximum Gasteiger partial charge on any atom is 0.345 e. The van der Waals surface area contributed by atoms with Gasteiger partial charge in [-0.25, -0.2) is 9.59 Å². The van der Waals surface area contributed by atoms with Crippen LogP contribution >= 0.6 is 11.6 Å². The molecule has 2 aromatic carbocycles. The van der Waals surface area contributed by atoms with Crippen molar-refractivity contribution in [2.45, 2.75) is 5.38 Å². The van der Waals surface area contributed by atoms with E-state index in [1.807, 2.05) is 18.2 Å². The van der Waals surface area contributed by atoms with Gasteiger partial charge in [-0.2, -0.15) is 0 Å². The highest BCUT2D eigenvalue weighted by Crippen LogP contribution is 2.28. The van der Waals surface area contributed by atoms with E-state index in [-0.39, 0.29) is 11.6 Å². The van der Waals surface area contributed by atoms with Crippen molar-refractivity contribution >= 4 is 29.2 Å². The minimum Gasteiger partial charge on any atom is -0.390 e. The molecular formula is C17H12ClNO4. The lowest BCUT2D eigenvalue weighted by Crippen LogP contribution is -2.15. The van der Waals surface area contributed by atoms with E-state index in [0.717, 1.165) is 0 Å². The van der Waals surface area contributed by atoms with Crippen LogP contribution in [0.5, 0.6) is 0 Å². The second-order valence-corrected chi connectivity index (χ2v) is 5.17. The second kappa shape index (κ2) is 6.54. The van der Waals surface area contributed by atoms with Crippen molar-refractivity contribution in [2.75, 3.05) is 5.32 Å². The van der Waals surface area contributed by atoms with Crippen LogP contribution in [0.15, 0.2) is 72.3 Å². The summed E-state index contributed by atoms with van der Waals surface area (Å²) in [4.78, 5) is 23.8. The Labute approximate surface area is 137 Å². The summed E-state index contributed by atoms with van der Waals surface area (Å²) in [5.41, 5.74) is 1.24. The minimum atomic E-state index is -1.06. The van der Waals surface area contributed by atoms with Gasteiger partial charge in [0, 0.05) is 5.69 Å². The van der Waals surface area contributed by atoms with Crippen LogP contribution < -0.4 is 5.32 Å². The van der Waals surface area contributed by atoms with E-state index >= 15 is 0 Å². The van der Waals surface area contributed by atoms with E-state index in [1.54, 1.807) is 42.5 Å². The zero-order valence-electron chi connectivity index (χ0n) is 11.9. The van der Waals surface area contributed by atoms with E-state index in [0.29, 0.717) is 11.3 Å². The molecule has 0 spiro atoms. The third kappa shape index (κ3) is 3.35. The number of anilines is 1. The molecule has 1 heterocycles. The van der Waals surface area contributed by atoms with Crippen molar-refractivity contribution in [3.05, 3.63) is 77.9 Å². The Balaban J connectivity index is 1.84. The third-order valence-corrected chi connectivity index (χ3v) is 3.52. The fourth-order valence-corrected chi connectivity index (χ4v) is 2.19. The van der Waals surface area contributed by atoms with E-state index in [2.05, 4.69) is 5.32 Å². The largest absolute Gasteiger partial charge is 0.390 e. The molecule has 1 aliphatic rings. The first kappa shape index (κ1) is 15.1. The molecule has 0 saturated heterocycles. The Morgan fingerprint density at radius 2 is 1.65 bits per heavy atom. The summed E-state index contributed by atoms with van der Waals surface area (Å²) in [5, 5.41) is 1.89. The van der Waals surface area contributed by atoms with Crippen LogP contribution in [-0.2, 0) is 14.3 Å². The van der Waals surface area contributed by atoms with Crippen LogP contribution in [0.4, 0.5) is 5.69 Å². The first-order valence-electron chi connectivity index (χ1n) is 6.84. The summed E-state index contributed by atoms with van der Waals surface area (Å²) in [7, 11) is 0. The number of halogens is 1. The van der Waals surface area contributed by atoms with Gasteiger partial charge in [0.05, 0.1) is 5.56 Å². The average Bonchev–Trinajstić information content (AvgIpc) is 2.84. The van der Waals surface area contributed by atoms with Gasteiger partial charge in [0.25, 0.3) is 0 Å². The number of carbonyl (C=O) groups excluding carboxylic acids is 2. The fourth-order valence-electron chi connectivity index (χ4n) is 2.00. The number of rotatable bonds is 4. The number of hydrogen-bond acceptors (Lipinski definition) is 5. The Morgan fingerprint density at radius 3 is 2.30 bits per heavy atom. The second-order valence-electron chi connectivity index (χ2n) is 4.73. The predicted molar refractivity (Wildman–Crippen MR) is 84.7 cm³/mol. The molecule has 0 fully saturated rings. The number of benzene rings is 2. The third-order valence-electron chi connectivity index (χ3n) is 3.12. The van der Waals surface area contributed by atoms with Crippen molar-refractivity contribution in [3.63, 3.8) is 0 Å². The van der Waals surface area contributed by atoms with Crippen LogP contribution in [0.3, 0.4) is 0 Å². The summed E-state index contributed by atoms with van der Waals surface area (Å²) in [6.07, 6.45) is 0. The van der Waals surface area contributed by atoms with Gasteiger partial charge in [0.1, 0.15) is 5.70 Å². The molecule has 116 valence electrons. The highest BCUT2D eigenvalue weighted by Gasteiger charge is 2.37. The van der Waals surface area contributed by atoms with Crippen molar-refractivity contribution in [1.29, 1.82) is 0 Å². The van der Waals surface area contributed by atoms with Gasteiger partial charge in [-0.15, -0.1) is 11.6 Å². The highest BCUT2D eigenvalue weighted by atomic mass is 35.5. The summed E-state index contributed by atoms with van der Waals surface area (Å²) < 4.78 is 10.1. The molecule has 0 saturated carbocycles. The number of hydrogen-bond donors (Lipinski definition) is 1. The van der Waals surface area contributed by atoms with Gasteiger partial charge < -0.3 is 14.8 Å². The molecule has 0 aliphatic carbocycles. The molecule has 5 nitrogen and oxygen atoms in total. The number of alkyl halides is 1. The first-order valence-corrected chi connectivity index (χ1v) is 7.28. The van der Waals surface area contributed by atoms with Gasteiger partial charge in [0.2, 0.25) is 0 Å². The smallest absolute Gasteiger partial charge is 0.345 e. The van der Waals surface area contributed by atoms with Gasteiger partial charge >= 0.3 is 17.9 Å². The van der Waals surface area contributed by atoms with Gasteiger partial charge in [-0.3, -0.25) is 0 Å². The van der Waals surface area contributed by atoms with Crippen molar-refractivity contribution in [3.8, 4) is 0 Å². The molecule has 1 aliphatic heterocycles. The molecule has 0 radical (unpaired) electrons. The number of cyclic esters (lactones) is 1. The monoisotopic (exact) mass is 329 g/mol. The van der Waals surface area contributed by atoms with Crippen LogP contribution in [0.1, 0.15) is 10.4 Å². The molecule has 0 bridgehead atoms. The van der Waals surface area contributed by atoms with Crippen LogP contribution in [0, 0.1) is 0 Å². The summed E-state index contributed by atoms with van der Waals surface area (Å²) in [6, 6.07) is 17.5. The van der Waals surface area contributed by atoms with Crippen LogP contribution in [0.25, 0.3) is 0 Å². The molecule has 3 rings (SSSR count). The first-order chi connectivity index (χ1) is 11.1. The SMILES string of the molecule is O=C(OC1=C(Nc2ccccc2)C(Cl)C(=O)O1)c1ccccc1. The summed E-state index contributed by atoms with van der Waals surface area (Å²) >= 11 is 6.02. The highest BCUT2D eigenvalue weighted by molar-refractivity contribution is 6.33. The standard InChI is InChI=1S/C17H12ClNO4/c18-13-14(19-12-9-5-2-6-10-12)17(23-16(13)21)22-15(20)11-7-3-1-4-8-11/h1-10,13,19H. The summed E-state index contributed by atoms with van der Waals surface area (Å²) in [5.74, 6) is -1.56. The van der Waals surface area contributed by atoms with E-state index < -0.39 is 17.3 Å². The average molecular weight is 330 g/mol. The van der Waals surface area contributed by atoms with E-state index in [9.17, 15) is 9.59 Å². The number of esters is 2. The van der Waals surface area contributed by atoms with Crippen LogP contribution in [-0.4, -0.2) is 17.3 Å². The Bertz CT molecular complexity index is 759. The zero-order chi connectivity index (χ0) is 16.2. The predicted octanol–water partition coefficient (Wildman–Crippen LogP) is 3.29. The lowest BCUT2D eigenvalue weighted by molar-refractivity contribution is -0.139. The molecule has 1 N–H and O–H groups in total. The minimum absolute atomic E-state index is 0.201. The van der Waals surface area contributed by atoms with Gasteiger partial charge in [-0.1, -0.05) is 36.4 Å². The Kier molecular flexibility index (Phi) is 4.30. The van der Waals surface area contributed by atoms with Gasteiger partial charge in [-0.05, 0) is 24.3 Å². The zero-order valence-corrected chi connectivity index (χ0v) is 12.6. The molecule has 2 aromatic rings. The van der Waals surface area contributed by atoms with Crippen molar-refractivity contribution in [2.24, 2.45) is 0 Å². The van der Waals surface area contributed by atoms with E-state index in [4.69, 9.17) is 21.1 Å². The number of ether oxygens (including phenoxy) is 2. The lowest BCUT2D eigenvalue weighted by atomic mass is 10.2. The van der Waals surface area contributed by atoms with Gasteiger partial charge in [0.15, 0.2) is 5.38 Å². The topological polar surface area (TPSA) is 64.6 Å². The molecule has 1 atom stereocenters. The molecule has 1 unspecified atom stereocenters. The summed E-state index contributed by atoms with van der Waals surface area (Å²) in [6.45, 7) is 0. The Hall–Kier alpha value is -2.79. The van der Waals surface area contributed by atoms with Crippen LogP contribution in [0.2, 0.25) is 0 Å². The number of para-hydroxylation sites is 1. The number of carbonyl (C=O) groups is 2. The Morgan fingerprint density at radius 1 is 1.04 bits per heavy atom. The maximum absolute atomic E-state index is 12.1. The molecule has 6 heteroatoms. The maximum atomic E-state index is 12.1. The molecular weight excluding hydrogens is 318 g/mol. The van der Waals surface area contributed by atoms with Crippen molar-refractivity contribution in [1.82, 2.24) is 0 Å².